The summed E-state index contributed by atoms with van der Waals surface area (Å²) in [7, 11) is 0.750. The molecule has 0 aliphatic rings. The van der Waals surface area contributed by atoms with Gasteiger partial charge in [0.15, 0.2) is 0 Å². The van der Waals surface area contributed by atoms with E-state index in [9.17, 15) is 0 Å². The maximum Gasteiger partial charge on any atom is 4.00 e. The van der Waals surface area contributed by atoms with E-state index in [0.29, 0.717) is 0 Å². The Hall–Kier alpha value is 0.220. The van der Waals surface area contributed by atoms with Crippen LogP contribution in [0.2, 0.25) is 13.1 Å². The van der Waals surface area contributed by atoms with Gasteiger partial charge in [0, 0.05) is 9.52 Å². The van der Waals surface area contributed by atoms with Crippen molar-refractivity contribution in [2.45, 2.75) is 53.6 Å². The van der Waals surface area contributed by atoms with Crippen LogP contribution < -0.4 is 48.0 Å². The van der Waals surface area contributed by atoms with E-state index in [0.717, 1.165) is 21.4 Å². The van der Waals surface area contributed by atoms with Crippen molar-refractivity contribution in [3.05, 3.63) is 83.9 Å². The van der Waals surface area contributed by atoms with Crippen molar-refractivity contribution in [3.63, 3.8) is 0 Å². The SMILES string of the molecule is CC(C)Cc1cc2ccccc2[cH-]1.CC(C)Cc1cc2ccccc2[cH-]1.C[SiH]C.[I-].[I-].[Zr+4]. The van der Waals surface area contributed by atoms with Crippen LogP contribution in [0.15, 0.2) is 72.8 Å². The van der Waals surface area contributed by atoms with Gasteiger partial charge in [-0.2, -0.15) is 12.1 Å². The molecule has 0 unspecified atom stereocenters. The van der Waals surface area contributed by atoms with E-state index in [1.807, 2.05) is 0 Å². The molecule has 0 aliphatic heterocycles. The van der Waals surface area contributed by atoms with Gasteiger partial charge in [0.25, 0.3) is 0 Å². The van der Waals surface area contributed by atoms with E-state index in [-0.39, 0.29) is 74.2 Å². The van der Waals surface area contributed by atoms with Crippen LogP contribution in [-0.2, 0) is 39.0 Å². The largest absolute Gasteiger partial charge is 4.00 e. The minimum absolute atomic E-state index is 0. The van der Waals surface area contributed by atoms with Crippen LogP contribution in [0.4, 0.5) is 0 Å². The van der Waals surface area contributed by atoms with Crippen LogP contribution in [0.25, 0.3) is 21.5 Å². The summed E-state index contributed by atoms with van der Waals surface area (Å²) in [6, 6.07) is 26.3. The Balaban J connectivity index is 0. The molecule has 1 radical (unpaired) electrons. The van der Waals surface area contributed by atoms with Gasteiger partial charge in [-0.15, -0.1) is 81.2 Å². The van der Waals surface area contributed by atoms with Crippen LogP contribution in [0, 0.1) is 11.8 Å². The van der Waals surface area contributed by atoms with Gasteiger partial charge in [-0.05, 0) is 24.7 Å². The van der Waals surface area contributed by atoms with Crippen molar-refractivity contribution in [1.29, 1.82) is 0 Å². The summed E-state index contributed by atoms with van der Waals surface area (Å²) < 4.78 is 0. The van der Waals surface area contributed by atoms with E-state index >= 15 is 0 Å². The molecule has 0 saturated carbocycles. The zero-order valence-corrected chi connectivity index (χ0v) is 28.3. The minimum Gasteiger partial charge on any atom is -1.00 e. The molecule has 4 aromatic rings. The second-order valence-electron chi connectivity index (χ2n) is 8.76. The fourth-order valence-corrected chi connectivity index (χ4v) is 3.61. The second kappa shape index (κ2) is 18.5. The number of benzene rings is 2. The molecule has 0 amide bonds. The summed E-state index contributed by atoms with van der Waals surface area (Å²) in [6.45, 7) is 13.5. The third-order valence-electron chi connectivity index (χ3n) is 4.64. The van der Waals surface area contributed by atoms with Crippen molar-refractivity contribution >= 4 is 31.1 Å². The molecule has 0 heterocycles. The van der Waals surface area contributed by atoms with Crippen molar-refractivity contribution < 1.29 is 74.2 Å². The van der Waals surface area contributed by atoms with Gasteiger partial charge in [0.1, 0.15) is 0 Å². The molecule has 4 heteroatoms. The maximum atomic E-state index is 2.30. The van der Waals surface area contributed by atoms with Gasteiger partial charge >= 0.3 is 26.2 Å². The first kappa shape index (κ1) is 34.4. The molecule has 4 rings (SSSR count). The summed E-state index contributed by atoms with van der Waals surface area (Å²) in [5, 5.41) is 5.49. The Kier molecular flexibility index (Phi) is 19.9. The third-order valence-corrected chi connectivity index (χ3v) is 4.64. The molecular formula is C28H37I2SiZr. The molecule has 0 bridgehead atoms. The van der Waals surface area contributed by atoms with Crippen molar-refractivity contribution in [2.75, 3.05) is 0 Å². The summed E-state index contributed by atoms with van der Waals surface area (Å²) in [4.78, 5) is 0. The average molecular weight is 747 g/mol. The van der Waals surface area contributed by atoms with Crippen LogP contribution in [0.5, 0.6) is 0 Å². The molecule has 4 aromatic carbocycles. The standard InChI is InChI=1S/2C13H15.C2H7Si.2HI.Zr/c2*1-10(2)7-11-8-12-5-3-4-6-13(12)9-11;1-3-2;;;/h2*3-6,8-10H,7H2,1-2H3;3H,1-2H3;2*1H;/q2*-1;;;;+4/p-2. The summed E-state index contributed by atoms with van der Waals surface area (Å²) >= 11 is 0. The molecule has 32 heavy (non-hydrogen) atoms. The first-order chi connectivity index (χ1) is 13.9. The van der Waals surface area contributed by atoms with Crippen LogP contribution in [0.3, 0.4) is 0 Å². The molecular weight excluding hydrogens is 709 g/mol. The molecule has 0 atom stereocenters. The molecule has 0 nitrogen and oxygen atoms in total. The molecule has 0 spiro atoms. The Bertz CT molecular complexity index is 839. The van der Waals surface area contributed by atoms with E-state index in [1.165, 1.54) is 45.5 Å². The van der Waals surface area contributed by atoms with Gasteiger partial charge in [-0.3, -0.25) is 0 Å². The van der Waals surface area contributed by atoms with Gasteiger partial charge in [0.2, 0.25) is 0 Å². The smallest absolute Gasteiger partial charge is 1.00 e. The van der Waals surface area contributed by atoms with Crippen molar-refractivity contribution in [2.24, 2.45) is 11.8 Å². The van der Waals surface area contributed by atoms with E-state index < -0.39 is 0 Å². The van der Waals surface area contributed by atoms with Gasteiger partial charge in [0.05, 0.1) is 0 Å². The molecule has 171 valence electrons. The van der Waals surface area contributed by atoms with E-state index in [1.54, 1.807) is 0 Å². The maximum absolute atomic E-state index is 2.30. The molecule has 0 aliphatic carbocycles. The summed E-state index contributed by atoms with van der Waals surface area (Å²) in [6.07, 6.45) is 2.38. The zero-order valence-electron chi connectivity index (χ0n) is 20.3. The fourth-order valence-electron chi connectivity index (χ4n) is 3.61. The van der Waals surface area contributed by atoms with E-state index in [4.69, 9.17) is 0 Å². The zero-order chi connectivity index (χ0) is 21.2. The Morgan fingerprint density at radius 2 is 0.969 bits per heavy atom. The Morgan fingerprint density at radius 1 is 0.656 bits per heavy atom. The Morgan fingerprint density at radius 3 is 1.25 bits per heavy atom. The summed E-state index contributed by atoms with van der Waals surface area (Å²) in [5.74, 6) is 1.49. The van der Waals surface area contributed by atoms with Crippen LogP contribution in [0.1, 0.15) is 38.8 Å². The molecule has 0 fully saturated rings. The van der Waals surface area contributed by atoms with Crippen LogP contribution in [-0.4, -0.2) is 9.52 Å². The molecule has 0 aromatic heterocycles. The monoisotopic (exact) mass is 745 g/mol. The predicted molar refractivity (Wildman–Crippen MR) is 135 cm³/mol. The number of hydrogen-bond acceptors (Lipinski definition) is 0. The first-order valence-corrected chi connectivity index (χ1v) is 13.3. The van der Waals surface area contributed by atoms with Crippen molar-refractivity contribution in [3.8, 4) is 0 Å². The number of halogens is 2. The number of fused-ring (bicyclic) bond motifs is 2. The van der Waals surface area contributed by atoms with Gasteiger partial charge in [-0.1, -0.05) is 52.9 Å². The quantitative estimate of drug-likeness (QED) is 0.171. The number of hydrogen-bond donors (Lipinski definition) is 0. The van der Waals surface area contributed by atoms with Gasteiger partial charge in [-0.25, -0.2) is 0 Å². The fraction of sp³-hybridized carbons (Fsp3) is 0.357. The normalized spacial score (nSPS) is 9.75. The van der Waals surface area contributed by atoms with Crippen molar-refractivity contribution in [1.82, 2.24) is 0 Å². The first-order valence-electron chi connectivity index (χ1n) is 11.0. The van der Waals surface area contributed by atoms with E-state index in [2.05, 4.69) is 114 Å². The minimum atomic E-state index is 0. The second-order valence-corrected chi connectivity index (χ2v) is 9.91. The Labute approximate surface area is 252 Å². The third kappa shape index (κ3) is 12.1. The predicted octanol–water partition coefficient (Wildman–Crippen LogP) is 2.04. The molecule has 0 saturated heterocycles. The average Bonchev–Trinajstić information content (AvgIpc) is 3.24. The van der Waals surface area contributed by atoms with Gasteiger partial charge < -0.3 is 48.0 Å². The topological polar surface area (TPSA) is 0 Å². The number of rotatable bonds is 4. The molecule has 0 N–H and O–H groups in total. The summed E-state index contributed by atoms with van der Waals surface area (Å²) in [5.41, 5.74) is 2.94. The van der Waals surface area contributed by atoms with Crippen LogP contribution >= 0.6 is 0 Å².